The predicted molar refractivity (Wildman–Crippen MR) is 67.1 cm³/mol. The van der Waals surface area contributed by atoms with Gasteiger partial charge in [-0.15, -0.1) is 18.2 Å². The second-order valence-corrected chi connectivity index (χ2v) is 4.35. The number of terminal acetylenes is 1. The molecule has 1 heterocycles. The molecule has 1 aromatic rings. The van der Waals surface area contributed by atoms with Crippen LogP contribution < -0.4 is 5.32 Å². The van der Waals surface area contributed by atoms with Gasteiger partial charge in [0.2, 0.25) is 0 Å². The van der Waals surface area contributed by atoms with E-state index in [4.69, 9.17) is 18.0 Å². The van der Waals surface area contributed by atoms with Crippen LogP contribution >= 0.6 is 23.4 Å². The van der Waals surface area contributed by atoms with Gasteiger partial charge in [-0.1, -0.05) is 23.6 Å². The van der Waals surface area contributed by atoms with Gasteiger partial charge < -0.3 is 5.32 Å². The maximum absolute atomic E-state index is 5.90. The van der Waals surface area contributed by atoms with Crippen LogP contribution in [0.5, 0.6) is 0 Å². The summed E-state index contributed by atoms with van der Waals surface area (Å²) in [7, 11) is 0. The average Bonchev–Trinajstić information content (AvgIpc) is 2.25. The first kappa shape index (κ1) is 12.4. The van der Waals surface area contributed by atoms with Crippen LogP contribution in [0.2, 0.25) is 5.15 Å². The van der Waals surface area contributed by atoms with Crippen LogP contribution in [0, 0.1) is 12.3 Å². The Morgan fingerprint density at radius 2 is 2.47 bits per heavy atom. The van der Waals surface area contributed by atoms with Crippen molar-refractivity contribution in [1.29, 1.82) is 0 Å². The molecule has 4 heteroatoms. The minimum absolute atomic E-state index is 0.571. The van der Waals surface area contributed by atoms with E-state index in [1.54, 1.807) is 18.0 Å². The minimum Gasteiger partial charge on any atom is -0.312 e. The third kappa shape index (κ3) is 5.08. The highest BCUT2D eigenvalue weighted by atomic mass is 35.5. The van der Waals surface area contributed by atoms with E-state index in [1.165, 1.54) is 0 Å². The number of hydrogen-bond donors (Lipinski definition) is 1. The Morgan fingerprint density at radius 3 is 3.20 bits per heavy atom. The number of halogens is 1. The summed E-state index contributed by atoms with van der Waals surface area (Å²) in [5.74, 6) is 4.38. The van der Waals surface area contributed by atoms with Gasteiger partial charge in [-0.3, -0.25) is 0 Å². The maximum atomic E-state index is 5.90. The largest absolute Gasteiger partial charge is 0.312 e. The van der Waals surface area contributed by atoms with E-state index in [1.807, 2.05) is 12.1 Å². The monoisotopic (exact) mass is 240 g/mol. The molecule has 0 atom stereocenters. The van der Waals surface area contributed by atoms with Crippen LogP contribution in [0.25, 0.3) is 0 Å². The summed E-state index contributed by atoms with van der Waals surface area (Å²) in [6.07, 6.45) is 6.83. The van der Waals surface area contributed by atoms with E-state index in [9.17, 15) is 0 Å². The molecule has 0 saturated heterocycles. The number of hydrogen-bond acceptors (Lipinski definition) is 3. The Hall–Kier alpha value is -0.690. The van der Waals surface area contributed by atoms with E-state index < -0.39 is 0 Å². The van der Waals surface area contributed by atoms with Crippen LogP contribution in [0.4, 0.5) is 0 Å². The number of rotatable bonds is 6. The smallest absolute Gasteiger partial charge is 0.133 e. The van der Waals surface area contributed by atoms with Crippen LogP contribution in [0.15, 0.2) is 18.3 Å². The van der Waals surface area contributed by atoms with Crippen molar-refractivity contribution in [3.63, 3.8) is 0 Å². The maximum Gasteiger partial charge on any atom is 0.133 e. The highest BCUT2D eigenvalue weighted by Crippen LogP contribution is 2.10. The van der Waals surface area contributed by atoms with Gasteiger partial charge in [0.1, 0.15) is 5.15 Å². The first-order valence-corrected chi connectivity index (χ1v) is 6.19. The van der Waals surface area contributed by atoms with E-state index in [-0.39, 0.29) is 0 Å². The van der Waals surface area contributed by atoms with E-state index in [0.29, 0.717) is 5.15 Å². The molecule has 1 rings (SSSR count). The lowest BCUT2D eigenvalue weighted by Gasteiger charge is -2.04. The lowest BCUT2D eigenvalue weighted by atomic mass is 10.3. The number of nitrogens with one attached hydrogen (secondary N) is 1. The van der Waals surface area contributed by atoms with Gasteiger partial charge in [0.25, 0.3) is 0 Å². The molecule has 0 spiro atoms. The predicted octanol–water partition coefficient (Wildman–Crippen LogP) is 2.19. The molecule has 1 aromatic heterocycles. The van der Waals surface area contributed by atoms with Gasteiger partial charge in [-0.25, -0.2) is 4.98 Å². The Bertz CT molecular complexity index is 336. The van der Waals surface area contributed by atoms with Gasteiger partial charge in [0.05, 0.1) is 5.75 Å². The second kappa shape index (κ2) is 7.58. The van der Waals surface area contributed by atoms with Crippen molar-refractivity contribution in [1.82, 2.24) is 10.3 Å². The summed E-state index contributed by atoms with van der Waals surface area (Å²) < 4.78 is 0. The molecular weight excluding hydrogens is 228 g/mol. The molecule has 0 bridgehead atoms. The molecule has 80 valence electrons. The van der Waals surface area contributed by atoms with Gasteiger partial charge in [0.15, 0.2) is 0 Å². The quantitative estimate of drug-likeness (QED) is 0.469. The fourth-order valence-corrected chi connectivity index (χ4v) is 1.79. The standard InChI is InChI=1S/C11H13ClN2S/c1-2-7-15-8-6-13-9-10-4-3-5-14-11(10)12/h1,3-5,13H,6-9H2. The Labute approximate surface area is 99.8 Å². The van der Waals surface area contributed by atoms with E-state index in [2.05, 4.69) is 16.2 Å². The third-order valence-corrected chi connectivity index (χ3v) is 2.96. The van der Waals surface area contributed by atoms with Crippen molar-refractivity contribution in [2.45, 2.75) is 6.54 Å². The molecule has 0 aliphatic carbocycles. The Balaban J connectivity index is 2.16. The molecule has 0 fully saturated rings. The molecule has 0 radical (unpaired) electrons. The second-order valence-electron chi connectivity index (χ2n) is 2.89. The number of pyridine rings is 1. The average molecular weight is 241 g/mol. The van der Waals surface area contributed by atoms with Gasteiger partial charge >= 0.3 is 0 Å². The molecule has 15 heavy (non-hydrogen) atoms. The van der Waals surface area contributed by atoms with Crippen LogP contribution in [0.3, 0.4) is 0 Å². The topological polar surface area (TPSA) is 24.9 Å². The Kier molecular flexibility index (Phi) is 6.26. The van der Waals surface area contributed by atoms with Crippen LogP contribution in [-0.4, -0.2) is 23.0 Å². The summed E-state index contributed by atoms with van der Waals surface area (Å²) in [5.41, 5.74) is 1.03. The highest BCUT2D eigenvalue weighted by molar-refractivity contribution is 7.99. The van der Waals surface area contributed by atoms with Crippen molar-refractivity contribution in [3.05, 3.63) is 29.0 Å². The van der Waals surface area contributed by atoms with Crippen LogP contribution in [0.1, 0.15) is 5.56 Å². The molecule has 0 amide bonds. The SMILES string of the molecule is C#CCSCCNCc1cccnc1Cl. The lowest BCUT2D eigenvalue weighted by Crippen LogP contribution is -2.17. The zero-order valence-electron chi connectivity index (χ0n) is 8.37. The number of thioether (sulfide) groups is 1. The lowest BCUT2D eigenvalue weighted by molar-refractivity contribution is 0.730. The summed E-state index contributed by atoms with van der Waals surface area (Å²) in [6, 6.07) is 3.85. The molecule has 0 saturated carbocycles. The normalized spacial score (nSPS) is 9.87. The zero-order chi connectivity index (χ0) is 10.9. The minimum atomic E-state index is 0.571. The fourth-order valence-electron chi connectivity index (χ4n) is 1.05. The third-order valence-electron chi connectivity index (χ3n) is 1.76. The Morgan fingerprint density at radius 1 is 1.60 bits per heavy atom. The van der Waals surface area contributed by atoms with Gasteiger partial charge in [-0.2, -0.15) is 0 Å². The van der Waals surface area contributed by atoms with Crippen molar-refractivity contribution in [3.8, 4) is 12.3 Å². The fraction of sp³-hybridized carbons (Fsp3) is 0.364. The summed E-state index contributed by atoms with van der Waals surface area (Å²) in [6.45, 7) is 1.68. The molecule has 0 unspecified atom stereocenters. The number of aromatic nitrogens is 1. The molecule has 0 aliphatic rings. The zero-order valence-corrected chi connectivity index (χ0v) is 9.94. The summed E-state index contributed by atoms with van der Waals surface area (Å²) in [5, 5.41) is 3.86. The van der Waals surface area contributed by atoms with Crippen molar-refractivity contribution in [2.24, 2.45) is 0 Å². The van der Waals surface area contributed by atoms with Crippen molar-refractivity contribution < 1.29 is 0 Å². The van der Waals surface area contributed by atoms with E-state index in [0.717, 1.165) is 30.2 Å². The molecule has 0 aliphatic heterocycles. The molecular formula is C11H13ClN2S. The summed E-state index contributed by atoms with van der Waals surface area (Å²) in [4.78, 5) is 4.00. The molecule has 1 N–H and O–H groups in total. The van der Waals surface area contributed by atoms with Crippen molar-refractivity contribution >= 4 is 23.4 Å². The first-order valence-electron chi connectivity index (χ1n) is 4.66. The first-order chi connectivity index (χ1) is 7.34. The van der Waals surface area contributed by atoms with Crippen molar-refractivity contribution in [2.75, 3.05) is 18.1 Å². The summed E-state index contributed by atoms with van der Waals surface area (Å²) >= 11 is 7.65. The van der Waals surface area contributed by atoms with Crippen LogP contribution in [-0.2, 0) is 6.54 Å². The van der Waals surface area contributed by atoms with E-state index >= 15 is 0 Å². The van der Waals surface area contributed by atoms with Gasteiger partial charge in [-0.05, 0) is 6.07 Å². The molecule has 0 aromatic carbocycles. The highest BCUT2D eigenvalue weighted by Gasteiger charge is 1.98. The van der Waals surface area contributed by atoms with Gasteiger partial charge in [0, 0.05) is 30.6 Å². The number of nitrogens with zero attached hydrogens (tertiary/aromatic N) is 1. The molecule has 2 nitrogen and oxygen atoms in total.